The van der Waals surface area contributed by atoms with E-state index in [2.05, 4.69) is 70.9 Å². The molecule has 1 fully saturated rings. The Morgan fingerprint density at radius 2 is 1.32 bits per heavy atom. The smallest absolute Gasteiger partial charge is 0.321 e. The quantitative estimate of drug-likeness (QED) is 0.205. The predicted molar refractivity (Wildman–Crippen MR) is 176 cm³/mol. The lowest BCUT2D eigenvalue weighted by molar-refractivity contribution is -0.133. The van der Waals surface area contributed by atoms with Gasteiger partial charge in [0.25, 0.3) is 0 Å². The molecule has 0 spiro atoms. The molecule has 0 saturated carbocycles. The number of piperazine rings is 1. The van der Waals surface area contributed by atoms with Crippen molar-refractivity contribution in [2.75, 3.05) is 51.2 Å². The summed E-state index contributed by atoms with van der Waals surface area (Å²) < 4.78 is 5.52. The zero-order chi connectivity index (χ0) is 30.6. The maximum absolute atomic E-state index is 13.4. The number of hydrogen-bond acceptors (Lipinski definition) is 4. The first-order valence-electron chi connectivity index (χ1n) is 15.5. The molecule has 1 aliphatic heterocycles. The largest absolute Gasteiger partial charge is 0.494 e. The van der Waals surface area contributed by atoms with Crippen molar-refractivity contribution in [2.45, 2.75) is 25.8 Å². The molecule has 0 unspecified atom stereocenters. The summed E-state index contributed by atoms with van der Waals surface area (Å²) in [4.78, 5) is 32.9. The van der Waals surface area contributed by atoms with Crippen LogP contribution >= 0.6 is 0 Å². The number of nitrogens with one attached hydrogen (secondary N) is 1. The van der Waals surface area contributed by atoms with E-state index in [0.29, 0.717) is 44.9 Å². The molecule has 1 heterocycles. The fourth-order valence-corrected chi connectivity index (χ4v) is 5.73. The number of rotatable bonds is 12. The van der Waals surface area contributed by atoms with Crippen LogP contribution in [0.3, 0.4) is 0 Å². The van der Waals surface area contributed by atoms with E-state index in [1.807, 2.05) is 66.4 Å². The summed E-state index contributed by atoms with van der Waals surface area (Å²) in [7, 11) is 0. The lowest BCUT2D eigenvalue weighted by Crippen LogP contribution is -2.50. The molecule has 1 aliphatic rings. The van der Waals surface area contributed by atoms with Crippen LogP contribution < -0.4 is 10.1 Å². The maximum atomic E-state index is 13.4. The monoisotopic (exact) mass is 590 g/mol. The highest BCUT2D eigenvalue weighted by Gasteiger charge is 2.28. The third-order valence-electron chi connectivity index (χ3n) is 8.08. The van der Waals surface area contributed by atoms with Gasteiger partial charge < -0.3 is 19.9 Å². The Labute approximate surface area is 261 Å². The molecule has 7 heteroatoms. The molecule has 3 amide bonds. The molecule has 1 N–H and O–H groups in total. The van der Waals surface area contributed by atoms with Crippen LogP contribution in [-0.4, -0.2) is 72.5 Å². The molecular weight excluding hydrogens is 548 g/mol. The number of nitrogens with zero attached hydrogens (tertiary/aromatic N) is 3. The number of hydrogen-bond donors (Lipinski definition) is 1. The van der Waals surface area contributed by atoms with Crippen molar-refractivity contribution in [1.29, 1.82) is 0 Å². The van der Waals surface area contributed by atoms with Gasteiger partial charge in [-0.05, 0) is 54.3 Å². The topological polar surface area (TPSA) is 65.1 Å². The number of carbonyl (C=O) groups is 2. The lowest BCUT2D eigenvalue weighted by Gasteiger charge is -2.40. The second kappa shape index (κ2) is 15.7. The molecular formula is C37H42N4O3. The van der Waals surface area contributed by atoms with Gasteiger partial charge >= 0.3 is 6.03 Å². The number of amides is 3. The van der Waals surface area contributed by atoms with Crippen molar-refractivity contribution < 1.29 is 14.3 Å². The summed E-state index contributed by atoms with van der Waals surface area (Å²) in [5.41, 5.74) is 4.36. The van der Waals surface area contributed by atoms with Gasteiger partial charge in [-0.15, -0.1) is 0 Å². The van der Waals surface area contributed by atoms with Crippen molar-refractivity contribution in [3.05, 3.63) is 132 Å². The van der Waals surface area contributed by atoms with Crippen molar-refractivity contribution in [1.82, 2.24) is 14.7 Å². The van der Waals surface area contributed by atoms with E-state index in [9.17, 15) is 9.59 Å². The molecule has 0 bridgehead atoms. The molecule has 1 saturated heterocycles. The molecule has 44 heavy (non-hydrogen) atoms. The van der Waals surface area contributed by atoms with Crippen molar-refractivity contribution in [2.24, 2.45) is 0 Å². The fraction of sp³-hybridized carbons (Fsp3) is 0.297. The average molecular weight is 591 g/mol. The van der Waals surface area contributed by atoms with Crippen molar-refractivity contribution in [3.8, 4) is 5.75 Å². The summed E-state index contributed by atoms with van der Waals surface area (Å²) >= 11 is 0. The molecule has 0 radical (unpaired) electrons. The van der Waals surface area contributed by atoms with Gasteiger partial charge in [0.15, 0.2) is 0 Å². The van der Waals surface area contributed by atoms with E-state index in [-0.39, 0.29) is 24.4 Å². The van der Waals surface area contributed by atoms with Crippen LogP contribution in [0.25, 0.3) is 0 Å². The van der Waals surface area contributed by atoms with Gasteiger partial charge in [0.1, 0.15) is 5.75 Å². The fourth-order valence-electron chi connectivity index (χ4n) is 5.73. The minimum atomic E-state index is -0.212. The first-order chi connectivity index (χ1) is 21.6. The molecule has 4 aromatic rings. The van der Waals surface area contributed by atoms with E-state index < -0.39 is 0 Å². The van der Waals surface area contributed by atoms with Crippen molar-refractivity contribution >= 4 is 17.6 Å². The Bertz CT molecular complexity index is 1400. The van der Waals surface area contributed by atoms with E-state index in [4.69, 9.17) is 4.74 Å². The molecule has 0 aliphatic carbocycles. The van der Waals surface area contributed by atoms with Crippen molar-refractivity contribution in [3.63, 3.8) is 0 Å². The van der Waals surface area contributed by atoms with Crippen LogP contribution in [0.2, 0.25) is 0 Å². The van der Waals surface area contributed by atoms with Crippen LogP contribution in [0.1, 0.15) is 36.1 Å². The van der Waals surface area contributed by atoms with E-state index in [1.165, 1.54) is 11.1 Å². The second-order valence-corrected chi connectivity index (χ2v) is 11.0. The molecule has 0 atom stereocenters. The van der Waals surface area contributed by atoms with Crippen LogP contribution in [-0.2, 0) is 11.2 Å². The molecule has 0 aromatic heterocycles. The molecule has 4 aromatic carbocycles. The Morgan fingerprint density at radius 1 is 0.750 bits per heavy atom. The molecule has 228 valence electrons. The first kappa shape index (κ1) is 30.8. The molecule has 7 nitrogen and oxygen atoms in total. The third kappa shape index (κ3) is 8.48. The van der Waals surface area contributed by atoms with E-state index >= 15 is 0 Å². The molecule has 5 rings (SSSR count). The minimum Gasteiger partial charge on any atom is -0.494 e. The summed E-state index contributed by atoms with van der Waals surface area (Å²) in [6.07, 6.45) is 0.997. The van der Waals surface area contributed by atoms with Gasteiger partial charge in [0.05, 0.1) is 12.6 Å². The van der Waals surface area contributed by atoms with Gasteiger partial charge in [0, 0.05) is 51.4 Å². The zero-order valence-corrected chi connectivity index (χ0v) is 25.5. The number of benzene rings is 4. The lowest BCUT2D eigenvalue weighted by atomic mass is 9.96. The second-order valence-electron chi connectivity index (χ2n) is 11.0. The Kier molecular flexibility index (Phi) is 11.0. The van der Waals surface area contributed by atoms with Crippen LogP contribution in [0, 0.1) is 0 Å². The number of ether oxygens (including phenoxy) is 1. The first-order valence-corrected chi connectivity index (χ1v) is 15.5. The maximum Gasteiger partial charge on any atom is 0.321 e. The zero-order valence-electron chi connectivity index (χ0n) is 25.5. The van der Waals surface area contributed by atoms with Crippen LogP contribution in [0.15, 0.2) is 115 Å². The third-order valence-corrected chi connectivity index (χ3v) is 8.08. The SMILES string of the molecule is CCOc1ccc(NC(=O)N(CCC(=O)N2CCN(C(c3ccccc3)c3ccccc3)CC2)CCc2ccccc2)cc1. The highest BCUT2D eigenvalue weighted by Crippen LogP contribution is 2.29. The highest BCUT2D eigenvalue weighted by molar-refractivity contribution is 5.89. The number of urea groups is 1. The Morgan fingerprint density at radius 3 is 1.89 bits per heavy atom. The Balaban J connectivity index is 1.19. The summed E-state index contributed by atoms with van der Waals surface area (Å²) in [5, 5.41) is 3.00. The van der Waals surface area contributed by atoms with Crippen LogP contribution in [0.4, 0.5) is 10.5 Å². The van der Waals surface area contributed by atoms with Gasteiger partial charge in [0.2, 0.25) is 5.91 Å². The van der Waals surface area contributed by atoms with Gasteiger partial charge in [-0.2, -0.15) is 0 Å². The summed E-state index contributed by atoms with van der Waals surface area (Å²) in [5.74, 6) is 0.843. The summed E-state index contributed by atoms with van der Waals surface area (Å²) in [6.45, 7) is 6.30. The van der Waals surface area contributed by atoms with E-state index in [0.717, 1.165) is 24.4 Å². The number of carbonyl (C=O) groups excluding carboxylic acids is 2. The predicted octanol–water partition coefficient (Wildman–Crippen LogP) is 6.49. The van der Waals surface area contributed by atoms with Gasteiger partial charge in [-0.25, -0.2) is 4.79 Å². The van der Waals surface area contributed by atoms with Gasteiger partial charge in [-0.1, -0.05) is 91.0 Å². The summed E-state index contributed by atoms with van der Waals surface area (Å²) in [6, 6.07) is 38.5. The van der Waals surface area contributed by atoms with E-state index in [1.54, 1.807) is 4.90 Å². The highest BCUT2D eigenvalue weighted by atomic mass is 16.5. The minimum absolute atomic E-state index is 0.0826. The normalized spacial score (nSPS) is 13.5. The standard InChI is InChI=1S/C37H42N4O3/c1-2-44-34-20-18-33(19-21-34)38-37(43)41(24-22-30-12-6-3-7-13-30)25-23-35(42)39-26-28-40(29-27-39)36(31-14-8-4-9-15-31)32-16-10-5-11-17-32/h3-21,36H,2,22-29H2,1H3,(H,38,43). The number of anilines is 1. The van der Waals surface area contributed by atoms with Gasteiger partial charge in [-0.3, -0.25) is 9.69 Å². The average Bonchev–Trinajstić information content (AvgIpc) is 3.07. The Hall–Kier alpha value is -4.62. The van der Waals surface area contributed by atoms with Crippen LogP contribution in [0.5, 0.6) is 5.75 Å².